The Hall–Kier alpha value is -0.260. The zero-order valence-corrected chi connectivity index (χ0v) is 6.32. The highest BCUT2D eigenvalue weighted by atomic mass is 32.2. The third kappa shape index (κ3) is 1.36. The molecule has 0 spiro atoms. The van der Waals surface area contributed by atoms with Crippen molar-refractivity contribution in [1.82, 2.24) is 0 Å². The zero-order chi connectivity index (χ0) is 8.65. The van der Waals surface area contributed by atoms with Gasteiger partial charge in [0, 0.05) is 5.92 Å². The molecule has 0 amide bonds. The maximum absolute atomic E-state index is 12.5. The first kappa shape index (κ1) is 8.83. The molecule has 66 valence electrons. The van der Waals surface area contributed by atoms with Crippen LogP contribution in [0.3, 0.4) is 0 Å². The van der Waals surface area contributed by atoms with Gasteiger partial charge in [-0.3, -0.25) is 4.39 Å². The van der Waals surface area contributed by atoms with E-state index in [1.54, 1.807) is 0 Å². The Balaban J connectivity index is 2.86. The van der Waals surface area contributed by atoms with E-state index in [9.17, 15) is 21.6 Å². The Morgan fingerprint density at radius 1 is 1.36 bits per heavy atom. The number of hydrogen-bond donors (Lipinski definition) is 0. The van der Waals surface area contributed by atoms with Crippen molar-refractivity contribution in [2.45, 2.75) is 11.7 Å². The van der Waals surface area contributed by atoms with E-state index in [0.717, 1.165) is 0 Å². The van der Waals surface area contributed by atoms with Crippen LogP contribution in [0.1, 0.15) is 0 Å². The zero-order valence-electron chi connectivity index (χ0n) is 5.50. The molecule has 0 aromatic rings. The van der Waals surface area contributed by atoms with Gasteiger partial charge in [0.2, 0.25) is 5.50 Å². The van der Waals surface area contributed by atoms with E-state index in [1.165, 1.54) is 0 Å². The second-order valence-corrected chi connectivity index (χ2v) is 4.65. The topological polar surface area (TPSA) is 34.1 Å². The molecule has 1 rings (SSSR count). The van der Waals surface area contributed by atoms with Gasteiger partial charge >= 0.3 is 0 Å². The van der Waals surface area contributed by atoms with Crippen LogP contribution in [0.4, 0.5) is 13.2 Å². The minimum Gasteiger partial charge on any atom is -0.251 e. The highest BCUT2D eigenvalue weighted by Crippen LogP contribution is 2.30. The molecule has 11 heavy (non-hydrogen) atoms. The minimum absolute atomic E-state index is 0.716. The van der Waals surface area contributed by atoms with Crippen molar-refractivity contribution < 1.29 is 21.6 Å². The summed E-state index contributed by atoms with van der Waals surface area (Å²) in [5, 5.41) is 0. The van der Waals surface area contributed by atoms with Crippen molar-refractivity contribution in [2.75, 3.05) is 12.4 Å². The first-order valence-electron chi connectivity index (χ1n) is 3.04. The van der Waals surface area contributed by atoms with E-state index in [0.29, 0.717) is 0 Å². The summed E-state index contributed by atoms with van der Waals surface area (Å²) >= 11 is 0. The molecule has 1 saturated heterocycles. The molecule has 1 fully saturated rings. The van der Waals surface area contributed by atoms with Crippen LogP contribution in [-0.4, -0.2) is 32.5 Å². The van der Waals surface area contributed by atoms with Gasteiger partial charge in [-0.25, -0.2) is 17.2 Å². The van der Waals surface area contributed by atoms with Gasteiger partial charge in [0.15, 0.2) is 16.0 Å². The molecule has 0 N–H and O–H groups in total. The average Bonchev–Trinajstić information content (AvgIpc) is 2.13. The maximum Gasteiger partial charge on any atom is 0.232 e. The van der Waals surface area contributed by atoms with Gasteiger partial charge < -0.3 is 0 Å². The Bertz CT molecular complexity index is 238. The quantitative estimate of drug-likeness (QED) is 0.605. The van der Waals surface area contributed by atoms with Crippen LogP contribution in [0, 0.1) is 5.92 Å². The summed E-state index contributed by atoms with van der Waals surface area (Å²) in [6.07, 6.45) is -2.19. The molecule has 0 aromatic carbocycles. The van der Waals surface area contributed by atoms with Crippen LogP contribution in [0.15, 0.2) is 0 Å². The van der Waals surface area contributed by atoms with Crippen molar-refractivity contribution >= 4 is 9.84 Å². The second-order valence-electron chi connectivity index (χ2n) is 2.54. The van der Waals surface area contributed by atoms with Crippen LogP contribution >= 0.6 is 0 Å². The molecular weight excluding hydrogens is 181 g/mol. The van der Waals surface area contributed by atoms with Gasteiger partial charge in [0.05, 0.1) is 12.4 Å². The number of alkyl halides is 3. The fourth-order valence-electron chi connectivity index (χ4n) is 1.02. The highest BCUT2D eigenvalue weighted by Gasteiger charge is 2.48. The molecule has 0 bridgehead atoms. The van der Waals surface area contributed by atoms with Gasteiger partial charge in [-0.1, -0.05) is 0 Å². The van der Waals surface area contributed by atoms with Crippen molar-refractivity contribution in [3.05, 3.63) is 0 Å². The molecule has 0 saturated carbocycles. The molecule has 0 aromatic heterocycles. The number of rotatable bonds is 1. The summed E-state index contributed by atoms with van der Waals surface area (Å²) < 4.78 is 57.8. The monoisotopic (exact) mass is 188 g/mol. The summed E-state index contributed by atoms with van der Waals surface area (Å²) in [5.41, 5.74) is -2.52. The van der Waals surface area contributed by atoms with E-state index in [2.05, 4.69) is 0 Å². The van der Waals surface area contributed by atoms with E-state index >= 15 is 0 Å². The van der Waals surface area contributed by atoms with Crippen LogP contribution in [0.25, 0.3) is 0 Å². The van der Waals surface area contributed by atoms with Crippen molar-refractivity contribution in [1.29, 1.82) is 0 Å². The number of halogens is 3. The summed E-state index contributed by atoms with van der Waals surface area (Å²) in [6, 6.07) is 0. The van der Waals surface area contributed by atoms with E-state index in [4.69, 9.17) is 0 Å². The molecule has 3 atom stereocenters. The summed E-state index contributed by atoms with van der Waals surface area (Å²) in [6.45, 7) is -1.12. The maximum atomic E-state index is 12.5. The number of hydrogen-bond acceptors (Lipinski definition) is 2. The standard InChI is InChI=1S/C5H7F3O2S/c6-1-3-2-11(9,10)5(8)4(3)7/h3-5H,1-2H2. The van der Waals surface area contributed by atoms with Crippen LogP contribution in [0.5, 0.6) is 0 Å². The lowest BCUT2D eigenvalue weighted by molar-refractivity contribution is 0.166. The highest BCUT2D eigenvalue weighted by molar-refractivity contribution is 7.92. The van der Waals surface area contributed by atoms with Crippen LogP contribution in [-0.2, 0) is 9.84 Å². The lowest BCUT2D eigenvalue weighted by atomic mass is 10.1. The van der Waals surface area contributed by atoms with E-state index < -0.39 is 39.9 Å². The van der Waals surface area contributed by atoms with Gasteiger partial charge in [0.25, 0.3) is 0 Å². The van der Waals surface area contributed by atoms with Gasteiger partial charge in [-0.2, -0.15) is 0 Å². The molecule has 0 aliphatic carbocycles. The Morgan fingerprint density at radius 3 is 2.09 bits per heavy atom. The Kier molecular flexibility index (Phi) is 2.13. The van der Waals surface area contributed by atoms with E-state index in [-0.39, 0.29) is 0 Å². The predicted molar refractivity (Wildman–Crippen MR) is 33.0 cm³/mol. The fraction of sp³-hybridized carbons (Fsp3) is 1.00. The lowest BCUT2D eigenvalue weighted by Gasteiger charge is -2.04. The smallest absolute Gasteiger partial charge is 0.232 e. The lowest BCUT2D eigenvalue weighted by Crippen LogP contribution is -2.20. The van der Waals surface area contributed by atoms with Crippen LogP contribution < -0.4 is 0 Å². The number of sulfone groups is 1. The van der Waals surface area contributed by atoms with Crippen molar-refractivity contribution in [2.24, 2.45) is 5.92 Å². The molecule has 1 heterocycles. The van der Waals surface area contributed by atoms with Gasteiger partial charge in [-0.15, -0.1) is 0 Å². The second kappa shape index (κ2) is 2.66. The first-order valence-corrected chi connectivity index (χ1v) is 4.76. The predicted octanol–water partition coefficient (Wildman–Crippen LogP) is 0.634. The molecule has 6 heteroatoms. The largest absolute Gasteiger partial charge is 0.251 e. The molecule has 1 aliphatic rings. The molecular formula is C5H7F3O2S. The third-order valence-electron chi connectivity index (χ3n) is 1.69. The van der Waals surface area contributed by atoms with Gasteiger partial charge in [0.1, 0.15) is 0 Å². The van der Waals surface area contributed by atoms with Gasteiger partial charge in [-0.05, 0) is 0 Å². The molecule has 3 unspecified atom stereocenters. The summed E-state index contributed by atoms with van der Waals surface area (Å²) in [5.74, 6) is -2.03. The average molecular weight is 188 g/mol. The third-order valence-corrected chi connectivity index (χ3v) is 3.53. The van der Waals surface area contributed by atoms with Crippen molar-refractivity contribution in [3.63, 3.8) is 0 Å². The molecule has 1 aliphatic heterocycles. The summed E-state index contributed by atoms with van der Waals surface area (Å²) in [7, 11) is -4.02. The first-order chi connectivity index (χ1) is 4.99. The van der Waals surface area contributed by atoms with E-state index in [1.807, 2.05) is 0 Å². The normalized spacial score (nSPS) is 42.6. The summed E-state index contributed by atoms with van der Waals surface area (Å²) in [4.78, 5) is 0. The Labute approximate surface area is 62.3 Å². The minimum atomic E-state index is -4.02. The Morgan fingerprint density at radius 2 is 1.91 bits per heavy atom. The van der Waals surface area contributed by atoms with Crippen LogP contribution in [0.2, 0.25) is 0 Å². The molecule has 2 nitrogen and oxygen atoms in total. The SMILES string of the molecule is O=S1(=O)CC(CF)C(F)C1F. The molecule has 0 radical (unpaired) electrons. The fourth-order valence-corrected chi connectivity index (χ4v) is 2.70. The van der Waals surface area contributed by atoms with Crippen molar-refractivity contribution in [3.8, 4) is 0 Å².